The third kappa shape index (κ3) is 5.83. The van der Waals surface area contributed by atoms with Crippen molar-refractivity contribution in [2.24, 2.45) is 4.99 Å². The minimum absolute atomic E-state index is 0.235. The monoisotopic (exact) mass is 435 g/mol. The van der Waals surface area contributed by atoms with Gasteiger partial charge in [-0.1, -0.05) is 23.7 Å². The van der Waals surface area contributed by atoms with Crippen LogP contribution in [0.5, 0.6) is 0 Å². The van der Waals surface area contributed by atoms with Gasteiger partial charge in [-0.25, -0.2) is 18.4 Å². The second-order valence-corrected chi connectivity index (χ2v) is 9.42. The second kappa shape index (κ2) is 9.45. The van der Waals surface area contributed by atoms with E-state index in [0.717, 1.165) is 43.4 Å². The topological polar surface area (TPSA) is 86.7 Å². The number of sulfone groups is 1. The number of guanidine groups is 1. The quantitative estimate of drug-likeness (QED) is 0.535. The van der Waals surface area contributed by atoms with E-state index in [-0.39, 0.29) is 6.04 Å². The number of aromatic nitrogens is 1. The van der Waals surface area contributed by atoms with Gasteiger partial charge in [-0.15, -0.1) is 0 Å². The molecule has 7 nitrogen and oxygen atoms in total. The average Bonchev–Trinajstić information content (AvgIpc) is 3.14. The summed E-state index contributed by atoms with van der Waals surface area (Å²) in [5.74, 6) is 1.55. The number of aliphatic imine (C=N–C) groups is 1. The van der Waals surface area contributed by atoms with Gasteiger partial charge in [-0.05, 0) is 43.2 Å². The molecule has 156 valence electrons. The molecule has 0 aliphatic carbocycles. The van der Waals surface area contributed by atoms with Gasteiger partial charge in [0.05, 0.1) is 16.5 Å². The van der Waals surface area contributed by atoms with E-state index in [0.29, 0.717) is 16.5 Å². The molecule has 1 atom stereocenters. The fourth-order valence-corrected chi connectivity index (χ4v) is 4.08. The molecule has 0 spiro atoms. The van der Waals surface area contributed by atoms with Crippen LogP contribution in [-0.4, -0.2) is 51.3 Å². The smallest absolute Gasteiger partial charge is 0.191 e. The van der Waals surface area contributed by atoms with Gasteiger partial charge in [-0.3, -0.25) is 0 Å². The molecule has 2 aromatic rings. The lowest BCUT2D eigenvalue weighted by molar-refractivity contribution is 0.602. The van der Waals surface area contributed by atoms with Crippen LogP contribution < -0.4 is 15.5 Å². The normalized spacial score (nSPS) is 17.4. The Balaban J connectivity index is 1.62. The number of hydrogen-bond acceptors (Lipinski definition) is 5. The van der Waals surface area contributed by atoms with Gasteiger partial charge in [0, 0.05) is 38.1 Å². The van der Waals surface area contributed by atoms with E-state index in [4.69, 9.17) is 11.6 Å². The first-order valence-electron chi connectivity index (χ1n) is 9.56. The molecule has 2 N–H and O–H groups in total. The van der Waals surface area contributed by atoms with Crippen LogP contribution in [0.25, 0.3) is 0 Å². The molecule has 1 saturated heterocycles. The fraction of sp³-hybridized carbons (Fsp3) is 0.400. The van der Waals surface area contributed by atoms with Crippen LogP contribution in [-0.2, 0) is 16.4 Å². The van der Waals surface area contributed by atoms with Crippen LogP contribution in [0.2, 0.25) is 5.02 Å². The number of halogens is 1. The van der Waals surface area contributed by atoms with Crippen LogP contribution >= 0.6 is 11.6 Å². The molecule has 1 aliphatic rings. The third-order valence-electron chi connectivity index (χ3n) is 4.68. The Labute approximate surface area is 177 Å². The first kappa shape index (κ1) is 21.4. The Morgan fingerprint density at radius 2 is 2.07 bits per heavy atom. The highest BCUT2D eigenvalue weighted by Crippen LogP contribution is 2.25. The van der Waals surface area contributed by atoms with Gasteiger partial charge in [0.25, 0.3) is 0 Å². The molecule has 29 heavy (non-hydrogen) atoms. The van der Waals surface area contributed by atoms with Gasteiger partial charge in [-0.2, -0.15) is 0 Å². The van der Waals surface area contributed by atoms with Crippen molar-refractivity contribution >= 4 is 33.2 Å². The summed E-state index contributed by atoms with van der Waals surface area (Å²) in [4.78, 5) is 11.5. The zero-order valence-electron chi connectivity index (χ0n) is 16.6. The molecular formula is C20H26ClN5O2S. The number of anilines is 1. The Kier molecular flexibility index (Phi) is 6.97. The van der Waals surface area contributed by atoms with E-state index in [1.807, 2.05) is 19.1 Å². The van der Waals surface area contributed by atoms with Crippen molar-refractivity contribution in [3.63, 3.8) is 0 Å². The largest absolute Gasteiger partial charge is 0.357 e. The maximum Gasteiger partial charge on any atom is 0.191 e. The first-order chi connectivity index (χ1) is 13.9. The number of hydrogen-bond donors (Lipinski definition) is 2. The van der Waals surface area contributed by atoms with Crippen molar-refractivity contribution in [2.75, 3.05) is 30.8 Å². The van der Waals surface area contributed by atoms with E-state index < -0.39 is 9.84 Å². The van der Waals surface area contributed by atoms with Crippen LogP contribution in [0.4, 0.5) is 5.82 Å². The van der Waals surface area contributed by atoms with Crippen molar-refractivity contribution in [2.45, 2.75) is 30.8 Å². The van der Waals surface area contributed by atoms with Crippen LogP contribution in [0.15, 0.2) is 52.5 Å². The standard InChI is InChI=1S/C20H26ClN5O2S/c1-3-22-20(24-13-15-6-8-17(9-7-15)29(2,27)28)25-16-10-12-26(14-16)19-18(21)5-4-11-23-19/h4-9,11,16H,3,10,12-14H2,1-2H3,(H2,22,24,25). The van der Waals surface area contributed by atoms with Crippen molar-refractivity contribution < 1.29 is 8.42 Å². The Hall–Kier alpha value is -2.32. The van der Waals surface area contributed by atoms with E-state index in [9.17, 15) is 8.42 Å². The van der Waals surface area contributed by atoms with Crippen molar-refractivity contribution in [3.05, 3.63) is 53.2 Å². The molecule has 1 fully saturated rings. The van der Waals surface area contributed by atoms with E-state index in [1.165, 1.54) is 6.26 Å². The van der Waals surface area contributed by atoms with Gasteiger partial charge in [0.1, 0.15) is 5.82 Å². The van der Waals surface area contributed by atoms with E-state index in [2.05, 4.69) is 25.5 Å². The second-order valence-electron chi connectivity index (χ2n) is 7.00. The molecule has 1 unspecified atom stereocenters. The lowest BCUT2D eigenvalue weighted by Gasteiger charge is -2.20. The van der Waals surface area contributed by atoms with Crippen molar-refractivity contribution in [1.29, 1.82) is 0 Å². The lowest BCUT2D eigenvalue weighted by Crippen LogP contribution is -2.44. The predicted octanol–water partition coefficient (Wildman–Crippen LogP) is 2.47. The molecule has 0 bridgehead atoms. The van der Waals surface area contributed by atoms with Crippen molar-refractivity contribution in [3.8, 4) is 0 Å². The Bertz CT molecular complexity index is 963. The van der Waals surface area contributed by atoms with Gasteiger partial charge in [0.2, 0.25) is 0 Å². The van der Waals surface area contributed by atoms with E-state index >= 15 is 0 Å². The fourth-order valence-electron chi connectivity index (χ4n) is 3.21. The summed E-state index contributed by atoms with van der Waals surface area (Å²) in [6.45, 7) is 4.90. The summed E-state index contributed by atoms with van der Waals surface area (Å²) in [5, 5.41) is 7.40. The maximum absolute atomic E-state index is 11.6. The highest BCUT2D eigenvalue weighted by molar-refractivity contribution is 7.90. The van der Waals surface area contributed by atoms with Crippen LogP contribution in [0.1, 0.15) is 18.9 Å². The van der Waals surface area contributed by atoms with Crippen molar-refractivity contribution in [1.82, 2.24) is 15.6 Å². The summed E-state index contributed by atoms with van der Waals surface area (Å²) in [5.41, 5.74) is 0.947. The highest BCUT2D eigenvalue weighted by atomic mass is 35.5. The van der Waals surface area contributed by atoms with E-state index in [1.54, 1.807) is 30.5 Å². The molecule has 2 heterocycles. The zero-order valence-corrected chi connectivity index (χ0v) is 18.2. The molecule has 1 aliphatic heterocycles. The van der Waals surface area contributed by atoms with Crippen LogP contribution in [0.3, 0.4) is 0 Å². The molecule has 1 aromatic carbocycles. The number of nitrogens with zero attached hydrogens (tertiary/aromatic N) is 3. The van der Waals surface area contributed by atoms with Gasteiger partial charge < -0.3 is 15.5 Å². The first-order valence-corrected chi connectivity index (χ1v) is 11.8. The maximum atomic E-state index is 11.6. The number of rotatable bonds is 6. The summed E-state index contributed by atoms with van der Waals surface area (Å²) >= 11 is 6.27. The molecular weight excluding hydrogens is 410 g/mol. The minimum atomic E-state index is -3.19. The van der Waals surface area contributed by atoms with Crippen LogP contribution in [0, 0.1) is 0 Å². The number of pyridine rings is 1. The summed E-state index contributed by atoms with van der Waals surface area (Å²) < 4.78 is 23.1. The Morgan fingerprint density at radius 3 is 2.72 bits per heavy atom. The number of benzene rings is 1. The minimum Gasteiger partial charge on any atom is -0.357 e. The van der Waals surface area contributed by atoms with Gasteiger partial charge >= 0.3 is 0 Å². The molecule has 3 rings (SSSR count). The average molecular weight is 436 g/mol. The molecule has 0 radical (unpaired) electrons. The summed E-state index contributed by atoms with van der Waals surface area (Å²) in [6, 6.07) is 10.7. The molecule has 1 aromatic heterocycles. The summed E-state index contributed by atoms with van der Waals surface area (Å²) in [6.07, 6.45) is 3.92. The van der Waals surface area contributed by atoms with Gasteiger partial charge in [0.15, 0.2) is 15.8 Å². The predicted molar refractivity (Wildman–Crippen MR) is 117 cm³/mol. The SMILES string of the molecule is CCNC(=NCc1ccc(S(C)(=O)=O)cc1)NC1CCN(c2ncccc2Cl)C1. The molecule has 9 heteroatoms. The highest BCUT2D eigenvalue weighted by Gasteiger charge is 2.25. The zero-order chi connectivity index (χ0) is 20.9. The third-order valence-corrected chi connectivity index (χ3v) is 6.11. The molecule has 0 saturated carbocycles. The lowest BCUT2D eigenvalue weighted by atomic mass is 10.2. The molecule has 0 amide bonds. The summed E-state index contributed by atoms with van der Waals surface area (Å²) in [7, 11) is -3.19. The Morgan fingerprint density at radius 1 is 1.31 bits per heavy atom. The number of nitrogens with one attached hydrogen (secondary N) is 2.